The van der Waals surface area contributed by atoms with E-state index < -0.39 is 15.9 Å². The molecule has 3 rings (SSSR count). The van der Waals surface area contributed by atoms with Crippen molar-refractivity contribution >= 4 is 38.9 Å². The molecule has 180 valence electrons. The number of rotatable bonds is 10. The van der Waals surface area contributed by atoms with Crippen LogP contribution in [0.5, 0.6) is 23.0 Å². The third-order valence-corrected chi connectivity index (χ3v) is 6.28. The first-order chi connectivity index (χ1) is 16.2. The molecule has 0 atom stereocenters. The van der Waals surface area contributed by atoms with E-state index in [4.69, 9.17) is 30.5 Å². The Morgan fingerprint density at radius 3 is 2.12 bits per heavy atom. The third kappa shape index (κ3) is 6.24. The highest BCUT2D eigenvalue weighted by Gasteiger charge is 2.16. The lowest BCUT2D eigenvalue weighted by molar-refractivity contribution is -0.118. The van der Waals surface area contributed by atoms with Crippen molar-refractivity contribution in [2.75, 3.05) is 38.0 Å². The monoisotopic (exact) mass is 506 g/mol. The lowest BCUT2D eigenvalue weighted by Crippen LogP contribution is -2.20. The maximum Gasteiger partial charge on any atom is 0.262 e. The van der Waals surface area contributed by atoms with Gasteiger partial charge in [0.05, 0.1) is 42.6 Å². The molecular weight excluding hydrogens is 484 g/mol. The summed E-state index contributed by atoms with van der Waals surface area (Å²) in [5.41, 5.74) is 0.720. The van der Waals surface area contributed by atoms with E-state index >= 15 is 0 Å². The summed E-state index contributed by atoms with van der Waals surface area (Å²) < 4.78 is 48.7. The fourth-order valence-electron chi connectivity index (χ4n) is 2.91. The highest BCUT2D eigenvalue weighted by molar-refractivity contribution is 7.92. The zero-order valence-electron chi connectivity index (χ0n) is 18.6. The van der Waals surface area contributed by atoms with Crippen molar-refractivity contribution in [3.63, 3.8) is 0 Å². The fraction of sp³-hybridized carbons (Fsp3) is 0.174. The molecule has 0 unspecified atom stereocenters. The average Bonchev–Trinajstić information content (AvgIpc) is 2.83. The van der Waals surface area contributed by atoms with E-state index in [9.17, 15) is 13.2 Å². The Labute approximate surface area is 202 Å². The largest absolute Gasteiger partial charge is 0.497 e. The summed E-state index contributed by atoms with van der Waals surface area (Å²) in [7, 11) is 0.607. The molecule has 9 nitrogen and oxygen atoms in total. The summed E-state index contributed by atoms with van der Waals surface area (Å²) in [6.07, 6.45) is 0. The summed E-state index contributed by atoms with van der Waals surface area (Å²) in [5.74, 6) is 1.34. The van der Waals surface area contributed by atoms with Crippen LogP contribution in [0.3, 0.4) is 0 Å². The highest BCUT2D eigenvalue weighted by atomic mass is 35.5. The SMILES string of the molecule is COc1ccc(OC)c(NC(=O)COc2ccc(S(=O)(=O)Nc3ccc(OC)c(Cl)c3)cc2)c1. The molecule has 0 bridgehead atoms. The number of methoxy groups -OCH3 is 3. The van der Waals surface area contributed by atoms with Gasteiger partial charge in [0.15, 0.2) is 6.61 Å². The first kappa shape index (κ1) is 25.0. The molecule has 0 aliphatic heterocycles. The molecule has 0 saturated heterocycles. The molecular formula is C23H23ClN2O7S. The Morgan fingerprint density at radius 2 is 1.50 bits per heavy atom. The van der Waals surface area contributed by atoms with Gasteiger partial charge in [-0.15, -0.1) is 0 Å². The smallest absolute Gasteiger partial charge is 0.262 e. The number of carbonyl (C=O) groups is 1. The Hall–Kier alpha value is -3.63. The molecule has 0 aliphatic carbocycles. The van der Waals surface area contributed by atoms with Gasteiger partial charge in [-0.05, 0) is 54.6 Å². The summed E-state index contributed by atoms with van der Waals surface area (Å²) in [6, 6.07) is 15.2. The molecule has 1 amide bonds. The summed E-state index contributed by atoms with van der Waals surface area (Å²) in [5, 5.41) is 2.96. The molecule has 11 heteroatoms. The number of benzene rings is 3. The number of halogens is 1. The quantitative estimate of drug-likeness (QED) is 0.424. The molecule has 0 radical (unpaired) electrons. The van der Waals surface area contributed by atoms with Gasteiger partial charge >= 0.3 is 0 Å². The molecule has 0 spiro atoms. The number of sulfonamides is 1. The van der Waals surface area contributed by atoms with Crippen LogP contribution in [0.25, 0.3) is 0 Å². The van der Waals surface area contributed by atoms with Crippen molar-refractivity contribution in [1.82, 2.24) is 0 Å². The van der Waals surface area contributed by atoms with Gasteiger partial charge in [-0.1, -0.05) is 11.6 Å². The van der Waals surface area contributed by atoms with Gasteiger partial charge in [-0.2, -0.15) is 0 Å². The zero-order valence-corrected chi connectivity index (χ0v) is 20.2. The highest BCUT2D eigenvalue weighted by Crippen LogP contribution is 2.30. The van der Waals surface area contributed by atoms with Crippen LogP contribution in [0.2, 0.25) is 5.02 Å². The predicted molar refractivity (Wildman–Crippen MR) is 129 cm³/mol. The lowest BCUT2D eigenvalue weighted by atomic mass is 10.2. The van der Waals surface area contributed by atoms with Crippen LogP contribution >= 0.6 is 11.6 Å². The van der Waals surface area contributed by atoms with Crippen molar-refractivity contribution in [2.24, 2.45) is 0 Å². The van der Waals surface area contributed by atoms with Crippen LogP contribution < -0.4 is 29.0 Å². The Kier molecular flexibility index (Phi) is 8.08. The van der Waals surface area contributed by atoms with Crippen LogP contribution in [-0.4, -0.2) is 42.3 Å². The standard InChI is InChI=1S/C23H23ClN2O7S/c1-30-17-7-11-22(32-3)20(13-17)25-23(27)14-33-16-5-8-18(9-6-16)34(28,29)26-15-4-10-21(31-2)19(24)12-15/h4-13,26H,14H2,1-3H3,(H,25,27). The Balaban J connectivity index is 1.61. The second-order valence-corrected chi connectivity index (χ2v) is 8.92. The molecule has 0 saturated carbocycles. The second kappa shape index (κ2) is 11.0. The normalized spacial score (nSPS) is 10.8. The molecule has 3 aromatic carbocycles. The van der Waals surface area contributed by atoms with Crippen molar-refractivity contribution < 1.29 is 32.2 Å². The van der Waals surface area contributed by atoms with E-state index in [1.807, 2.05) is 0 Å². The Bertz CT molecular complexity index is 1260. The number of ether oxygens (including phenoxy) is 4. The average molecular weight is 507 g/mol. The van der Waals surface area contributed by atoms with Crippen molar-refractivity contribution in [2.45, 2.75) is 4.90 Å². The summed E-state index contributed by atoms with van der Waals surface area (Å²) >= 11 is 6.05. The van der Waals surface area contributed by atoms with Gasteiger partial charge in [-0.3, -0.25) is 9.52 Å². The predicted octanol–water partition coefficient (Wildman–Crippen LogP) is 4.18. The molecule has 0 aliphatic rings. The summed E-state index contributed by atoms with van der Waals surface area (Å²) in [6.45, 7) is -0.297. The number of nitrogens with one attached hydrogen (secondary N) is 2. The molecule has 3 aromatic rings. The van der Waals surface area contributed by atoms with Gasteiger partial charge in [0.1, 0.15) is 23.0 Å². The molecule has 0 heterocycles. The van der Waals surface area contributed by atoms with Gasteiger partial charge in [-0.25, -0.2) is 8.42 Å². The number of carbonyl (C=O) groups excluding carboxylic acids is 1. The van der Waals surface area contributed by atoms with Gasteiger partial charge in [0.25, 0.3) is 15.9 Å². The lowest BCUT2D eigenvalue weighted by Gasteiger charge is -2.13. The molecule has 0 fully saturated rings. The van der Waals surface area contributed by atoms with Crippen LogP contribution in [-0.2, 0) is 14.8 Å². The topological polar surface area (TPSA) is 112 Å². The van der Waals surface area contributed by atoms with E-state index in [1.165, 1.54) is 57.7 Å². The minimum atomic E-state index is -3.86. The number of amides is 1. The van der Waals surface area contributed by atoms with Crippen molar-refractivity contribution in [1.29, 1.82) is 0 Å². The van der Waals surface area contributed by atoms with Gasteiger partial charge < -0.3 is 24.3 Å². The van der Waals surface area contributed by atoms with Crippen LogP contribution in [0.4, 0.5) is 11.4 Å². The maximum absolute atomic E-state index is 12.6. The first-order valence-corrected chi connectivity index (χ1v) is 11.7. The number of hydrogen-bond donors (Lipinski definition) is 2. The Morgan fingerprint density at radius 1 is 0.853 bits per heavy atom. The second-order valence-electron chi connectivity index (χ2n) is 6.83. The minimum absolute atomic E-state index is 0.0114. The van der Waals surface area contributed by atoms with Gasteiger partial charge in [0.2, 0.25) is 0 Å². The first-order valence-electron chi connectivity index (χ1n) is 9.87. The summed E-state index contributed by atoms with van der Waals surface area (Å²) in [4.78, 5) is 12.3. The van der Waals surface area contributed by atoms with Crippen LogP contribution in [0, 0.1) is 0 Å². The third-order valence-electron chi connectivity index (χ3n) is 4.59. The van der Waals surface area contributed by atoms with E-state index in [0.29, 0.717) is 28.7 Å². The molecule has 2 N–H and O–H groups in total. The van der Waals surface area contributed by atoms with E-state index in [1.54, 1.807) is 24.3 Å². The van der Waals surface area contributed by atoms with Crippen LogP contribution in [0.15, 0.2) is 65.6 Å². The van der Waals surface area contributed by atoms with Crippen molar-refractivity contribution in [3.8, 4) is 23.0 Å². The number of hydrogen-bond acceptors (Lipinski definition) is 7. The molecule has 34 heavy (non-hydrogen) atoms. The molecule has 0 aromatic heterocycles. The van der Waals surface area contributed by atoms with Crippen LogP contribution in [0.1, 0.15) is 0 Å². The fourth-order valence-corrected chi connectivity index (χ4v) is 4.21. The minimum Gasteiger partial charge on any atom is -0.497 e. The zero-order chi connectivity index (χ0) is 24.7. The van der Waals surface area contributed by atoms with E-state index in [-0.39, 0.29) is 22.2 Å². The van der Waals surface area contributed by atoms with Gasteiger partial charge in [0, 0.05) is 6.07 Å². The van der Waals surface area contributed by atoms with E-state index in [0.717, 1.165) is 0 Å². The maximum atomic E-state index is 12.6. The van der Waals surface area contributed by atoms with Crippen molar-refractivity contribution in [3.05, 3.63) is 65.7 Å². The van der Waals surface area contributed by atoms with E-state index in [2.05, 4.69) is 10.0 Å². The number of anilines is 2.